The standard InChI is InChI=1S/C18H15F3N4O/c1-11-8-12(2)25(24-11)16-7-6-13(10-22-16)17(26)23-15-5-3-4-14(9-15)18(19,20)21/h3-10H,1-2H3,(H,23,26). The van der Waals surface area contributed by atoms with E-state index in [9.17, 15) is 18.0 Å². The first kappa shape index (κ1) is 17.7. The summed E-state index contributed by atoms with van der Waals surface area (Å²) in [5.41, 5.74) is 1.21. The number of hydrogen-bond acceptors (Lipinski definition) is 3. The van der Waals surface area contributed by atoms with Crippen molar-refractivity contribution < 1.29 is 18.0 Å². The number of rotatable bonds is 3. The second kappa shape index (κ2) is 6.62. The smallest absolute Gasteiger partial charge is 0.322 e. The van der Waals surface area contributed by atoms with Crippen LogP contribution in [0.3, 0.4) is 0 Å². The molecule has 0 fully saturated rings. The van der Waals surface area contributed by atoms with Crippen LogP contribution in [0.15, 0.2) is 48.7 Å². The molecule has 1 N–H and O–H groups in total. The first-order valence-electron chi connectivity index (χ1n) is 7.72. The first-order valence-corrected chi connectivity index (χ1v) is 7.72. The van der Waals surface area contributed by atoms with Crippen molar-refractivity contribution in [2.24, 2.45) is 0 Å². The van der Waals surface area contributed by atoms with Crippen molar-refractivity contribution in [3.8, 4) is 5.82 Å². The molecule has 0 spiro atoms. The largest absolute Gasteiger partial charge is 0.416 e. The zero-order valence-corrected chi connectivity index (χ0v) is 14.0. The Morgan fingerprint density at radius 3 is 2.46 bits per heavy atom. The molecule has 0 unspecified atom stereocenters. The molecular weight excluding hydrogens is 345 g/mol. The molecule has 26 heavy (non-hydrogen) atoms. The highest BCUT2D eigenvalue weighted by Crippen LogP contribution is 2.30. The van der Waals surface area contributed by atoms with Gasteiger partial charge in [0.1, 0.15) is 0 Å². The summed E-state index contributed by atoms with van der Waals surface area (Å²) in [5.74, 6) is 0.00274. The van der Waals surface area contributed by atoms with E-state index in [0.29, 0.717) is 5.82 Å². The van der Waals surface area contributed by atoms with E-state index in [-0.39, 0.29) is 11.3 Å². The van der Waals surface area contributed by atoms with Crippen LogP contribution in [0.2, 0.25) is 0 Å². The summed E-state index contributed by atoms with van der Waals surface area (Å²) in [6.45, 7) is 3.75. The summed E-state index contributed by atoms with van der Waals surface area (Å²) in [6.07, 6.45) is -3.11. The van der Waals surface area contributed by atoms with E-state index in [1.54, 1.807) is 16.8 Å². The van der Waals surface area contributed by atoms with Crippen LogP contribution in [0.5, 0.6) is 0 Å². The number of alkyl halides is 3. The monoisotopic (exact) mass is 360 g/mol. The van der Waals surface area contributed by atoms with Gasteiger partial charge >= 0.3 is 6.18 Å². The SMILES string of the molecule is Cc1cc(C)n(-c2ccc(C(=O)Nc3cccc(C(F)(F)F)c3)cn2)n1. The van der Waals surface area contributed by atoms with Gasteiger partial charge in [-0.3, -0.25) is 4.79 Å². The number of aryl methyl sites for hydroxylation is 2. The fourth-order valence-corrected chi connectivity index (χ4v) is 2.48. The first-order chi connectivity index (χ1) is 12.2. The molecule has 1 amide bonds. The van der Waals surface area contributed by atoms with E-state index >= 15 is 0 Å². The van der Waals surface area contributed by atoms with E-state index in [1.807, 2.05) is 19.9 Å². The Balaban J connectivity index is 1.78. The highest BCUT2D eigenvalue weighted by Gasteiger charge is 2.30. The minimum atomic E-state index is -4.47. The zero-order valence-electron chi connectivity index (χ0n) is 14.0. The molecule has 3 aromatic rings. The highest BCUT2D eigenvalue weighted by atomic mass is 19.4. The topological polar surface area (TPSA) is 59.8 Å². The molecule has 0 saturated heterocycles. The van der Waals surface area contributed by atoms with E-state index in [2.05, 4.69) is 15.4 Å². The van der Waals surface area contributed by atoms with Crippen molar-refractivity contribution in [2.45, 2.75) is 20.0 Å². The lowest BCUT2D eigenvalue weighted by Crippen LogP contribution is -2.14. The van der Waals surface area contributed by atoms with Gasteiger partial charge < -0.3 is 5.32 Å². The number of carbonyl (C=O) groups is 1. The van der Waals surface area contributed by atoms with Crippen LogP contribution in [0.25, 0.3) is 5.82 Å². The van der Waals surface area contributed by atoms with Gasteiger partial charge in [-0.05, 0) is 50.2 Å². The third-order valence-electron chi connectivity index (χ3n) is 3.68. The lowest BCUT2D eigenvalue weighted by molar-refractivity contribution is -0.137. The minimum Gasteiger partial charge on any atom is -0.322 e. The summed E-state index contributed by atoms with van der Waals surface area (Å²) in [4.78, 5) is 16.4. The van der Waals surface area contributed by atoms with Crippen LogP contribution in [0.4, 0.5) is 18.9 Å². The Bertz CT molecular complexity index is 946. The van der Waals surface area contributed by atoms with Gasteiger partial charge in [-0.15, -0.1) is 0 Å². The molecule has 0 atom stereocenters. The second-order valence-corrected chi connectivity index (χ2v) is 5.78. The van der Waals surface area contributed by atoms with Crippen LogP contribution in [0, 0.1) is 13.8 Å². The molecule has 0 aliphatic rings. The maximum atomic E-state index is 12.7. The second-order valence-electron chi connectivity index (χ2n) is 5.78. The Kier molecular flexibility index (Phi) is 4.50. The normalized spacial score (nSPS) is 11.4. The van der Waals surface area contributed by atoms with Crippen molar-refractivity contribution in [1.29, 1.82) is 0 Å². The lowest BCUT2D eigenvalue weighted by atomic mass is 10.2. The predicted molar refractivity (Wildman–Crippen MR) is 90.2 cm³/mol. The van der Waals surface area contributed by atoms with E-state index in [0.717, 1.165) is 23.5 Å². The van der Waals surface area contributed by atoms with Crippen molar-refractivity contribution in [3.05, 3.63) is 71.2 Å². The lowest BCUT2D eigenvalue weighted by Gasteiger charge is -2.10. The van der Waals surface area contributed by atoms with Crippen LogP contribution >= 0.6 is 0 Å². The average Bonchev–Trinajstić information content (AvgIpc) is 2.93. The molecule has 2 aromatic heterocycles. The van der Waals surface area contributed by atoms with E-state index < -0.39 is 17.6 Å². The number of hydrogen-bond donors (Lipinski definition) is 1. The molecule has 8 heteroatoms. The molecule has 0 aliphatic carbocycles. The van der Waals surface area contributed by atoms with Gasteiger partial charge in [0, 0.05) is 17.6 Å². The highest BCUT2D eigenvalue weighted by molar-refractivity contribution is 6.04. The molecular formula is C18H15F3N4O. The molecule has 0 aliphatic heterocycles. The van der Waals surface area contributed by atoms with Crippen LogP contribution in [-0.4, -0.2) is 20.7 Å². The van der Waals surface area contributed by atoms with Crippen molar-refractivity contribution >= 4 is 11.6 Å². The number of nitrogens with zero attached hydrogens (tertiary/aromatic N) is 3. The minimum absolute atomic E-state index is 0.0625. The maximum Gasteiger partial charge on any atom is 0.416 e. The molecule has 5 nitrogen and oxygen atoms in total. The Morgan fingerprint density at radius 1 is 1.12 bits per heavy atom. The number of anilines is 1. The van der Waals surface area contributed by atoms with Gasteiger partial charge in [-0.1, -0.05) is 6.07 Å². The number of aromatic nitrogens is 3. The van der Waals surface area contributed by atoms with E-state index in [4.69, 9.17) is 0 Å². The molecule has 134 valence electrons. The molecule has 0 bridgehead atoms. The third-order valence-corrected chi connectivity index (χ3v) is 3.68. The van der Waals surface area contributed by atoms with Gasteiger partial charge in [-0.2, -0.15) is 18.3 Å². The van der Waals surface area contributed by atoms with Crippen LogP contribution in [-0.2, 0) is 6.18 Å². The van der Waals surface area contributed by atoms with Crippen LogP contribution < -0.4 is 5.32 Å². The Hall–Kier alpha value is -3.16. The van der Waals surface area contributed by atoms with Crippen molar-refractivity contribution in [1.82, 2.24) is 14.8 Å². The van der Waals surface area contributed by atoms with Crippen molar-refractivity contribution in [2.75, 3.05) is 5.32 Å². The number of benzene rings is 1. The number of nitrogens with one attached hydrogen (secondary N) is 1. The number of amides is 1. The predicted octanol–water partition coefficient (Wildman–Crippen LogP) is 4.16. The number of pyridine rings is 1. The van der Waals surface area contributed by atoms with Gasteiger partial charge in [0.05, 0.1) is 16.8 Å². The summed E-state index contributed by atoms with van der Waals surface area (Å²) in [5, 5.41) is 6.75. The van der Waals surface area contributed by atoms with Crippen LogP contribution in [0.1, 0.15) is 27.3 Å². The Morgan fingerprint density at radius 2 is 1.88 bits per heavy atom. The molecule has 1 aromatic carbocycles. The van der Waals surface area contributed by atoms with Gasteiger partial charge in [0.25, 0.3) is 5.91 Å². The number of halogens is 3. The quantitative estimate of drug-likeness (QED) is 0.763. The average molecular weight is 360 g/mol. The zero-order chi connectivity index (χ0) is 18.9. The van der Waals surface area contributed by atoms with E-state index in [1.165, 1.54) is 18.3 Å². The summed E-state index contributed by atoms with van der Waals surface area (Å²) in [6, 6.07) is 9.53. The van der Waals surface area contributed by atoms with Gasteiger partial charge in [-0.25, -0.2) is 9.67 Å². The van der Waals surface area contributed by atoms with Gasteiger partial charge in [0.2, 0.25) is 0 Å². The maximum absolute atomic E-state index is 12.7. The fourth-order valence-electron chi connectivity index (χ4n) is 2.48. The molecule has 0 radical (unpaired) electrons. The van der Waals surface area contributed by atoms with Crippen molar-refractivity contribution in [3.63, 3.8) is 0 Å². The van der Waals surface area contributed by atoms with Gasteiger partial charge in [0.15, 0.2) is 5.82 Å². The summed E-state index contributed by atoms with van der Waals surface area (Å²) >= 11 is 0. The molecule has 2 heterocycles. The summed E-state index contributed by atoms with van der Waals surface area (Å²) < 4.78 is 39.9. The Labute approximate surface area is 147 Å². The third kappa shape index (κ3) is 3.74. The fraction of sp³-hybridized carbons (Fsp3) is 0.167. The number of carbonyl (C=O) groups excluding carboxylic acids is 1. The molecule has 3 rings (SSSR count). The summed E-state index contributed by atoms with van der Waals surface area (Å²) in [7, 11) is 0. The molecule has 0 saturated carbocycles.